The largest absolute Gasteiger partial charge is 0.451 e. The van der Waals surface area contributed by atoms with E-state index in [9.17, 15) is 13.6 Å². The van der Waals surface area contributed by atoms with Gasteiger partial charge >= 0.3 is 0 Å². The van der Waals surface area contributed by atoms with Gasteiger partial charge in [-0.05, 0) is 36.8 Å². The minimum atomic E-state index is -0.838. The van der Waals surface area contributed by atoms with E-state index < -0.39 is 23.2 Å². The molecule has 0 fully saturated rings. The highest BCUT2D eigenvalue weighted by atomic mass is 19.1. The van der Waals surface area contributed by atoms with Crippen LogP contribution in [0.5, 0.6) is 0 Å². The molecule has 0 bridgehead atoms. The molecule has 106 valence electrons. The molecule has 0 aliphatic carbocycles. The quantitative estimate of drug-likeness (QED) is 0.764. The molecule has 3 rings (SSSR count). The normalized spacial score (nSPS) is 10.8. The maximum atomic E-state index is 13.5. The summed E-state index contributed by atoms with van der Waals surface area (Å²) in [6, 6.07) is 10.4. The van der Waals surface area contributed by atoms with Crippen molar-refractivity contribution in [2.75, 3.05) is 5.32 Å². The lowest BCUT2D eigenvalue weighted by atomic mass is 10.2. The van der Waals surface area contributed by atoms with E-state index >= 15 is 0 Å². The molecule has 1 amide bonds. The molecule has 0 aliphatic heterocycles. The Bertz CT molecular complexity index is 819. The summed E-state index contributed by atoms with van der Waals surface area (Å²) in [4.78, 5) is 12.0. The molecule has 21 heavy (non-hydrogen) atoms. The fourth-order valence-corrected chi connectivity index (χ4v) is 2.04. The zero-order valence-corrected chi connectivity index (χ0v) is 11.1. The number of amides is 1. The van der Waals surface area contributed by atoms with E-state index in [1.54, 1.807) is 6.07 Å². The number of fused-ring (bicyclic) bond motifs is 1. The van der Waals surface area contributed by atoms with Gasteiger partial charge in [0.05, 0.1) is 0 Å². The maximum Gasteiger partial charge on any atom is 0.291 e. The number of nitrogens with one attached hydrogen (secondary N) is 1. The Morgan fingerprint density at radius 3 is 2.52 bits per heavy atom. The number of hydrogen-bond donors (Lipinski definition) is 1. The van der Waals surface area contributed by atoms with E-state index in [1.807, 2.05) is 19.1 Å². The highest BCUT2D eigenvalue weighted by Crippen LogP contribution is 2.23. The molecule has 3 aromatic rings. The van der Waals surface area contributed by atoms with Gasteiger partial charge in [0.1, 0.15) is 22.9 Å². The first-order valence-electron chi connectivity index (χ1n) is 6.30. The highest BCUT2D eigenvalue weighted by Gasteiger charge is 2.16. The standard InChI is InChI=1S/C16H11F2NO2/c1-9-5-6-10-8-14(21-13(10)7-9)16(20)19-15-11(17)3-2-4-12(15)18/h2-8H,1H3,(H,19,20). The number of rotatable bonds is 2. The maximum absolute atomic E-state index is 13.5. The van der Waals surface area contributed by atoms with E-state index in [2.05, 4.69) is 5.32 Å². The molecule has 3 nitrogen and oxygen atoms in total. The van der Waals surface area contributed by atoms with Crippen molar-refractivity contribution in [1.29, 1.82) is 0 Å². The highest BCUT2D eigenvalue weighted by molar-refractivity contribution is 6.04. The van der Waals surface area contributed by atoms with Gasteiger partial charge in [-0.3, -0.25) is 4.79 Å². The Morgan fingerprint density at radius 1 is 1.10 bits per heavy atom. The van der Waals surface area contributed by atoms with Crippen LogP contribution in [0.1, 0.15) is 16.1 Å². The molecule has 0 unspecified atom stereocenters. The van der Waals surface area contributed by atoms with Crippen LogP contribution < -0.4 is 5.32 Å². The third kappa shape index (κ3) is 2.50. The molecule has 5 heteroatoms. The average molecular weight is 287 g/mol. The summed E-state index contributed by atoms with van der Waals surface area (Å²) in [5.41, 5.74) is 1.05. The van der Waals surface area contributed by atoms with E-state index in [4.69, 9.17) is 4.42 Å². The van der Waals surface area contributed by atoms with Gasteiger partial charge < -0.3 is 9.73 Å². The summed E-state index contributed by atoms with van der Waals surface area (Å²) >= 11 is 0. The lowest BCUT2D eigenvalue weighted by Gasteiger charge is -2.05. The summed E-state index contributed by atoms with van der Waals surface area (Å²) in [5.74, 6) is -2.38. The Morgan fingerprint density at radius 2 is 1.81 bits per heavy atom. The Hall–Kier alpha value is -2.69. The third-order valence-electron chi connectivity index (χ3n) is 3.10. The Balaban J connectivity index is 1.94. The first kappa shape index (κ1) is 13.3. The van der Waals surface area contributed by atoms with Gasteiger partial charge in [-0.1, -0.05) is 18.2 Å². The van der Waals surface area contributed by atoms with Crippen LogP contribution in [0.2, 0.25) is 0 Å². The van der Waals surface area contributed by atoms with Crippen molar-refractivity contribution in [2.24, 2.45) is 0 Å². The van der Waals surface area contributed by atoms with Crippen LogP contribution in [0.4, 0.5) is 14.5 Å². The summed E-state index contributed by atoms with van der Waals surface area (Å²) in [5, 5.41) is 2.94. The van der Waals surface area contributed by atoms with Crippen LogP contribution in [-0.4, -0.2) is 5.91 Å². The molecule has 1 heterocycles. The zero-order chi connectivity index (χ0) is 15.0. The predicted molar refractivity (Wildman–Crippen MR) is 75.3 cm³/mol. The number of benzene rings is 2. The number of furan rings is 1. The molecule has 0 saturated carbocycles. The second-order valence-electron chi connectivity index (χ2n) is 4.70. The summed E-state index contributed by atoms with van der Waals surface area (Å²) in [6.07, 6.45) is 0. The monoisotopic (exact) mass is 287 g/mol. The van der Waals surface area contributed by atoms with Gasteiger partial charge in [0.25, 0.3) is 5.91 Å². The molecule has 0 aliphatic rings. The van der Waals surface area contributed by atoms with Crippen LogP contribution >= 0.6 is 0 Å². The fourth-order valence-electron chi connectivity index (χ4n) is 2.04. The summed E-state index contributed by atoms with van der Waals surface area (Å²) in [6.45, 7) is 1.90. The van der Waals surface area contributed by atoms with E-state index in [0.29, 0.717) is 5.58 Å². The second kappa shape index (κ2) is 5.01. The lowest BCUT2D eigenvalue weighted by molar-refractivity contribution is 0.0997. The molecule has 2 aromatic carbocycles. The molecular formula is C16H11F2NO2. The SMILES string of the molecule is Cc1ccc2cc(C(=O)Nc3c(F)cccc3F)oc2c1. The number of aryl methyl sites for hydroxylation is 1. The first-order chi connectivity index (χ1) is 10.0. The number of carbonyl (C=O) groups excluding carboxylic acids is 1. The molecule has 1 aromatic heterocycles. The number of anilines is 1. The Kier molecular flexibility index (Phi) is 3.17. The number of hydrogen-bond acceptors (Lipinski definition) is 2. The van der Waals surface area contributed by atoms with Crippen molar-refractivity contribution in [3.8, 4) is 0 Å². The van der Waals surface area contributed by atoms with Gasteiger partial charge in [0, 0.05) is 5.39 Å². The fraction of sp³-hybridized carbons (Fsp3) is 0.0625. The molecule has 0 atom stereocenters. The topological polar surface area (TPSA) is 42.2 Å². The van der Waals surface area contributed by atoms with Gasteiger partial charge in [0.2, 0.25) is 0 Å². The van der Waals surface area contributed by atoms with Crippen molar-refractivity contribution in [3.05, 3.63) is 65.4 Å². The van der Waals surface area contributed by atoms with E-state index in [0.717, 1.165) is 23.1 Å². The Labute approximate surface area is 119 Å². The van der Waals surface area contributed by atoms with Gasteiger partial charge in [0.15, 0.2) is 5.76 Å². The minimum absolute atomic E-state index is 0.00162. The zero-order valence-electron chi connectivity index (χ0n) is 11.1. The smallest absolute Gasteiger partial charge is 0.291 e. The molecule has 1 N–H and O–H groups in total. The second-order valence-corrected chi connectivity index (χ2v) is 4.70. The number of halogens is 2. The lowest BCUT2D eigenvalue weighted by Crippen LogP contribution is -2.13. The van der Waals surface area contributed by atoms with Gasteiger partial charge in [-0.15, -0.1) is 0 Å². The molecule has 0 radical (unpaired) electrons. The number of carbonyl (C=O) groups is 1. The summed E-state index contributed by atoms with van der Waals surface area (Å²) < 4.78 is 32.4. The molecular weight excluding hydrogens is 276 g/mol. The minimum Gasteiger partial charge on any atom is -0.451 e. The van der Waals surface area contributed by atoms with Crippen molar-refractivity contribution >= 4 is 22.6 Å². The summed E-state index contributed by atoms with van der Waals surface area (Å²) in [7, 11) is 0. The first-order valence-corrected chi connectivity index (χ1v) is 6.30. The van der Waals surface area contributed by atoms with Crippen LogP contribution in [0, 0.1) is 18.6 Å². The van der Waals surface area contributed by atoms with Crippen LogP contribution in [0.15, 0.2) is 46.9 Å². The molecule has 0 spiro atoms. The molecule has 0 saturated heterocycles. The van der Waals surface area contributed by atoms with Crippen molar-refractivity contribution in [1.82, 2.24) is 0 Å². The van der Waals surface area contributed by atoms with E-state index in [-0.39, 0.29) is 5.76 Å². The van der Waals surface area contributed by atoms with Gasteiger partial charge in [-0.2, -0.15) is 0 Å². The average Bonchev–Trinajstić information content (AvgIpc) is 2.86. The van der Waals surface area contributed by atoms with Crippen molar-refractivity contribution in [3.63, 3.8) is 0 Å². The third-order valence-corrected chi connectivity index (χ3v) is 3.10. The van der Waals surface area contributed by atoms with Crippen LogP contribution in [0.3, 0.4) is 0 Å². The van der Waals surface area contributed by atoms with Crippen LogP contribution in [0.25, 0.3) is 11.0 Å². The predicted octanol–water partition coefficient (Wildman–Crippen LogP) is 4.27. The van der Waals surface area contributed by atoms with E-state index in [1.165, 1.54) is 12.1 Å². The van der Waals surface area contributed by atoms with Crippen molar-refractivity contribution in [2.45, 2.75) is 6.92 Å². The number of para-hydroxylation sites is 1. The van der Waals surface area contributed by atoms with Crippen LogP contribution in [-0.2, 0) is 0 Å². The van der Waals surface area contributed by atoms with Crippen molar-refractivity contribution < 1.29 is 18.0 Å². The van der Waals surface area contributed by atoms with Gasteiger partial charge in [-0.25, -0.2) is 8.78 Å².